The van der Waals surface area contributed by atoms with Crippen LogP contribution in [0.3, 0.4) is 0 Å². The number of hydrogen-bond donors (Lipinski definition) is 0. The zero-order chi connectivity index (χ0) is 17.2. The van der Waals surface area contributed by atoms with E-state index in [1.54, 1.807) is 18.5 Å². The van der Waals surface area contributed by atoms with Gasteiger partial charge in [0.25, 0.3) is 0 Å². The molecule has 0 radical (unpaired) electrons. The van der Waals surface area contributed by atoms with Gasteiger partial charge in [0.2, 0.25) is 0 Å². The van der Waals surface area contributed by atoms with E-state index < -0.39 is 0 Å². The molecule has 0 spiro atoms. The summed E-state index contributed by atoms with van der Waals surface area (Å²) in [7, 11) is 4.15. The Bertz CT molecular complexity index is 861. The predicted octanol–water partition coefficient (Wildman–Crippen LogP) is 2.56. The Hall–Kier alpha value is -3.02. The molecule has 1 aliphatic heterocycles. The normalized spacial score (nSPS) is 13.4. The van der Waals surface area contributed by atoms with Crippen molar-refractivity contribution >= 4 is 11.4 Å². The number of anilines is 2. The lowest BCUT2D eigenvalue weighted by Gasteiger charge is -2.31. The minimum absolute atomic E-state index is 0.550. The molecule has 0 unspecified atom stereocenters. The molecule has 0 N–H and O–H groups in total. The van der Waals surface area contributed by atoms with Crippen LogP contribution < -0.4 is 9.80 Å². The second kappa shape index (κ2) is 6.47. The van der Waals surface area contributed by atoms with Crippen molar-refractivity contribution in [1.82, 2.24) is 19.9 Å². The van der Waals surface area contributed by atoms with E-state index in [9.17, 15) is 0 Å². The Kier molecular flexibility index (Phi) is 4.01. The van der Waals surface area contributed by atoms with Crippen molar-refractivity contribution < 1.29 is 0 Å². The molecule has 0 fully saturated rings. The maximum Gasteiger partial charge on any atom is 0.197 e. The van der Waals surface area contributed by atoms with Crippen molar-refractivity contribution in [2.45, 2.75) is 13.0 Å². The van der Waals surface area contributed by atoms with Crippen LogP contribution >= 0.6 is 0 Å². The van der Waals surface area contributed by atoms with E-state index in [-0.39, 0.29) is 0 Å². The minimum Gasteiger partial charge on any atom is -0.378 e. The Labute approximate surface area is 147 Å². The van der Waals surface area contributed by atoms with E-state index >= 15 is 0 Å². The fraction of sp³-hybridized carbons (Fsp3) is 0.263. The third-order valence-electron chi connectivity index (χ3n) is 4.49. The maximum atomic E-state index is 4.43. The number of aromatic nitrogens is 4. The van der Waals surface area contributed by atoms with Crippen LogP contribution in [0.5, 0.6) is 0 Å². The first-order valence-electron chi connectivity index (χ1n) is 8.34. The Morgan fingerprint density at radius 1 is 0.920 bits per heavy atom. The lowest BCUT2D eigenvalue weighted by molar-refractivity contribution is 0.727. The van der Waals surface area contributed by atoms with Crippen LogP contribution in [-0.4, -0.2) is 40.6 Å². The zero-order valence-electron chi connectivity index (χ0n) is 14.4. The monoisotopic (exact) mass is 332 g/mol. The molecule has 25 heavy (non-hydrogen) atoms. The van der Waals surface area contributed by atoms with Crippen LogP contribution in [-0.2, 0) is 13.0 Å². The predicted molar refractivity (Wildman–Crippen MR) is 98.6 cm³/mol. The van der Waals surface area contributed by atoms with Gasteiger partial charge in [0.15, 0.2) is 11.6 Å². The molecular formula is C19H20N6. The largest absolute Gasteiger partial charge is 0.378 e. The van der Waals surface area contributed by atoms with Crippen molar-refractivity contribution in [3.05, 3.63) is 60.2 Å². The first kappa shape index (κ1) is 15.5. The molecule has 1 aromatic carbocycles. The van der Waals surface area contributed by atoms with Crippen molar-refractivity contribution in [2.24, 2.45) is 0 Å². The summed E-state index contributed by atoms with van der Waals surface area (Å²) in [5.41, 5.74) is 5.08. The minimum atomic E-state index is 0.550. The molecule has 0 atom stereocenters. The molecule has 6 heteroatoms. The van der Waals surface area contributed by atoms with Crippen LogP contribution in [0.2, 0.25) is 0 Å². The van der Waals surface area contributed by atoms with Gasteiger partial charge >= 0.3 is 0 Å². The van der Waals surface area contributed by atoms with Gasteiger partial charge in [-0.3, -0.25) is 0 Å². The Balaban J connectivity index is 1.54. The van der Waals surface area contributed by atoms with Gasteiger partial charge in [-0.1, -0.05) is 6.07 Å². The van der Waals surface area contributed by atoms with Crippen molar-refractivity contribution in [2.75, 3.05) is 30.4 Å². The van der Waals surface area contributed by atoms with Gasteiger partial charge < -0.3 is 9.80 Å². The first-order chi connectivity index (χ1) is 12.2. The molecule has 3 heterocycles. The fourth-order valence-corrected chi connectivity index (χ4v) is 3.05. The second-order valence-electron chi connectivity index (χ2n) is 6.36. The molecule has 0 saturated carbocycles. The van der Waals surface area contributed by atoms with Gasteiger partial charge in [0, 0.05) is 45.3 Å². The summed E-state index contributed by atoms with van der Waals surface area (Å²) in [6.45, 7) is 1.85. The number of rotatable bonds is 3. The summed E-state index contributed by atoms with van der Waals surface area (Å²) in [4.78, 5) is 21.7. The summed E-state index contributed by atoms with van der Waals surface area (Å²) >= 11 is 0. The number of hydrogen-bond acceptors (Lipinski definition) is 6. The highest BCUT2D eigenvalue weighted by Gasteiger charge is 2.18. The molecule has 126 valence electrons. The SMILES string of the molecule is CN(C)c1ccc2c(c1)CCN(c1cnc(-c3ncccn3)nc1)C2. The molecule has 0 aliphatic carbocycles. The van der Waals surface area contributed by atoms with Crippen molar-refractivity contribution in [1.29, 1.82) is 0 Å². The quantitative estimate of drug-likeness (QED) is 0.735. The molecule has 0 bridgehead atoms. The molecule has 6 nitrogen and oxygen atoms in total. The van der Waals surface area contributed by atoms with Crippen LogP contribution in [0, 0.1) is 0 Å². The summed E-state index contributed by atoms with van der Waals surface area (Å²) in [5, 5.41) is 0. The van der Waals surface area contributed by atoms with E-state index in [2.05, 4.69) is 62.0 Å². The molecule has 0 amide bonds. The molecule has 3 aromatic rings. The molecule has 1 aliphatic rings. The highest BCUT2D eigenvalue weighted by Crippen LogP contribution is 2.27. The van der Waals surface area contributed by atoms with Crippen molar-refractivity contribution in [3.8, 4) is 11.6 Å². The standard InChI is InChI=1S/C19H20N6/c1-24(2)16-5-4-15-13-25(9-6-14(15)10-16)17-11-22-19(23-12-17)18-20-7-3-8-21-18/h3-5,7-8,10-12H,6,9,13H2,1-2H3. The van der Waals surface area contributed by atoms with Gasteiger partial charge in [0.05, 0.1) is 18.1 Å². The highest BCUT2D eigenvalue weighted by molar-refractivity contribution is 5.54. The summed E-state index contributed by atoms with van der Waals surface area (Å²) < 4.78 is 0. The van der Waals surface area contributed by atoms with Gasteiger partial charge in [0.1, 0.15) is 0 Å². The van der Waals surface area contributed by atoms with E-state index in [0.717, 1.165) is 25.2 Å². The molecular weight excluding hydrogens is 312 g/mol. The Morgan fingerprint density at radius 2 is 1.64 bits per heavy atom. The highest BCUT2D eigenvalue weighted by atomic mass is 15.2. The van der Waals surface area contributed by atoms with Crippen molar-refractivity contribution in [3.63, 3.8) is 0 Å². The maximum absolute atomic E-state index is 4.43. The van der Waals surface area contributed by atoms with Crippen LogP contribution in [0.25, 0.3) is 11.6 Å². The van der Waals surface area contributed by atoms with E-state index in [1.807, 2.05) is 12.4 Å². The second-order valence-corrected chi connectivity index (χ2v) is 6.36. The van der Waals surface area contributed by atoms with Crippen LogP contribution in [0.4, 0.5) is 11.4 Å². The lowest BCUT2D eigenvalue weighted by atomic mass is 9.98. The van der Waals surface area contributed by atoms with Gasteiger partial charge in [-0.05, 0) is 35.7 Å². The van der Waals surface area contributed by atoms with Crippen LogP contribution in [0.1, 0.15) is 11.1 Å². The zero-order valence-corrected chi connectivity index (χ0v) is 14.4. The Morgan fingerprint density at radius 3 is 2.36 bits per heavy atom. The molecule has 2 aromatic heterocycles. The summed E-state index contributed by atoms with van der Waals surface area (Å²) in [6, 6.07) is 8.47. The van der Waals surface area contributed by atoms with Gasteiger partial charge in [-0.15, -0.1) is 0 Å². The smallest absolute Gasteiger partial charge is 0.197 e. The number of benzene rings is 1. The van der Waals surface area contributed by atoms with Gasteiger partial charge in [-0.2, -0.15) is 0 Å². The van der Waals surface area contributed by atoms with E-state index in [4.69, 9.17) is 0 Å². The molecule has 0 saturated heterocycles. The lowest BCUT2D eigenvalue weighted by Crippen LogP contribution is -2.30. The average Bonchev–Trinajstić information content (AvgIpc) is 2.68. The van der Waals surface area contributed by atoms with Gasteiger partial charge in [-0.25, -0.2) is 19.9 Å². The first-order valence-corrected chi connectivity index (χ1v) is 8.34. The molecule has 4 rings (SSSR count). The summed E-state index contributed by atoms with van der Waals surface area (Å²) in [6.07, 6.45) is 8.14. The van der Waals surface area contributed by atoms with E-state index in [1.165, 1.54) is 16.8 Å². The van der Waals surface area contributed by atoms with E-state index in [0.29, 0.717) is 11.6 Å². The number of fused-ring (bicyclic) bond motifs is 1. The average molecular weight is 332 g/mol. The topological polar surface area (TPSA) is 58.0 Å². The number of nitrogens with zero attached hydrogens (tertiary/aromatic N) is 6. The summed E-state index contributed by atoms with van der Waals surface area (Å²) in [5.74, 6) is 1.10. The third kappa shape index (κ3) is 3.15. The third-order valence-corrected chi connectivity index (χ3v) is 4.49. The van der Waals surface area contributed by atoms with Crippen LogP contribution in [0.15, 0.2) is 49.1 Å². The fourth-order valence-electron chi connectivity index (χ4n) is 3.05.